The molecule has 120 valence electrons. The number of rotatable bonds is 4. The molecule has 1 saturated heterocycles. The first-order valence-electron chi connectivity index (χ1n) is 8.10. The lowest BCUT2D eigenvalue weighted by Crippen LogP contribution is -2.46. The molecule has 0 radical (unpaired) electrons. The first-order valence-corrected chi connectivity index (χ1v) is 8.10. The first kappa shape index (κ1) is 15.6. The van der Waals surface area contributed by atoms with Crippen LogP contribution >= 0.6 is 0 Å². The maximum Gasteiger partial charge on any atom is 0.221 e. The second-order valence-electron chi connectivity index (χ2n) is 5.95. The summed E-state index contributed by atoms with van der Waals surface area (Å²) >= 11 is 0. The number of anilines is 2. The molecule has 0 spiro atoms. The van der Waals surface area contributed by atoms with Gasteiger partial charge in [0.2, 0.25) is 5.91 Å². The van der Waals surface area contributed by atoms with E-state index in [1.165, 1.54) is 5.56 Å². The summed E-state index contributed by atoms with van der Waals surface area (Å²) in [6, 6.07) is 18.6. The molecule has 2 aromatic carbocycles. The number of nitrogens with one attached hydrogen (secondary N) is 1. The number of hydrogen-bond acceptors (Lipinski definition) is 3. The molecule has 0 aromatic heterocycles. The van der Waals surface area contributed by atoms with Crippen molar-refractivity contribution in [1.82, 2.24) is 4.90 Å². The van der Waals surface area contributed by atoms with E-state index in [-0.39, 0.29) is 5.91 Å². The molecule has 3 rings (SSSR count). The quantitative estimate of drug-likeness (QED) is 0.943. The molecule has 1 aliphatic heterocycles. The van der Waals surface area contributed by atoms with Gasteiger partial charge in [-0.2, -0.15) is 0 Å². The van der Waals surface area contributed by atoms with Crippen LogP contribution < -0.4 is 10.2 Å². The van der Waals surface area contributed by atoms with Gasteiger partial charge in [0.05, 0.1) is 11.4 Å². The molecule has 0 atom stereocenters. The van der Waals surface area contributed by atoms with Crippen LogP contribution in [0, 0.1) is 0 Å². The molecule has 23 heavy (non-hydrogen) atoms. The van der Waals surface area contributed by atoms with E-state index in [1.807, 2.05) is 18.2 Å². The van der Waals surface area contributed by atoms with Crippen LogP contribution in [0.15, 0.2) is 54.6 Å². The van der Waals surface area contributed by atoms with E-state index in [1.54, 1.807) is 6.92 Å². The van der Waals surface area contributed by atoms with E-state index in [9.17, 15) is 4.79 Å². The smallest absolute Gasteiger partial charge is 0.221 e. The molecule has 1 N–H and O–H groups in total. The Morgan fingerprint density at radius 3 is 2.30 bits per heavy atom. The van der Waals surface area contributed by atoms with Gasteiger partial charge in [0.25, 0.3) is 0 Å². The summed E-state index contributed by atoms with van der Waals surface area (Å²) in [5, 5.41) is 2.93. The molecule has 0 saturated carbocycles. The number of amides is 1. The predicted molar refractivity (Wildman–Crippen MR) is 94.7 cm³/mol. The number of benzene rings is 2. The van der Waals surface area contributed by atoms with Crippen LogP contribution in [0.2, 0.25) is 0 Å². The predicted octanol–water partition coefficient (Wildman–Crippen LogP) is 2.97. The zero-order valence-electron chi connectivity index (χ0n) is 13.5. The Balaban J connectivity index is 1.62. The highest BCUT2D eigenvalue weighted by molar-refractivity contribution is 5.92. The highest BCUT2D eigenvalue weighted by atomic mass is 16.1. The maximum absolute atomic E-state index is 11.4. The van der Waals surface area contributed by atoms with E-state index in [0.717, 1.165) is 44.1 Å². The lowest BCUT2D eigenvalue weighted by Gasteiger charge is -2.37. The second-order valence-corrected chi connectivity index (χ2v) is 5.95. The Bertz CT molecular complexity index is 649. The lowest BCUT2D eigenvalue weighted by atomic mass is 10.1. The van der Waals surface area contributed by atoms with E-state index >= 15 is 0 Å². The molecular formula is C19H23N3O. The van der Waals surface area contributed by atoms with Gasteiger partial charge in [-0.15, -0.1) is 0 Å². The minimum absolute atomic E-state index is 0.0276. The van der Waals surface area contributed by atoms with E-state index < -0.39 is 0 Å². The largest absolute Gasteiger partial charge is 0.367 e. The maximum atomic E-state index is 11.4. The van der Waals surface area contributed by atoms with Crippen LogP contribution in [-0.2, 0) is 11.3 Å². The molecule has 1 fully saturated rings. The van der Waals surface area contributed by atoms with Gasteiger partial charge < -0.3 is 10.2 Å². The molecule has 1 heterocycles. The fourth-order valence-corrected chi connectivity index (χ4v) is 3.03. The molecule has 4 nitrogen and oxygen atoms in total. The SMILES string of the molecule is CC(=O)Nc1ccccc1N1CCN(Cc2ccccc2)CC1. The first-order chi connectivity index (χ1) is 11.2. The summed E-state index contributed by atoms with van der Waals surface area (Å²) in [7, 11) is 0. The zero-order chi connectivity index (χ0) is 16.1. The van der Waals surface area contributed by atoms with Crippen molar-refractivity contribution in [2.45, 2.75) is 13.5 Å². The summed E-state index contributed by atoms with van der Waals surface area (Å²) < 4.78 is 0. The van der Waals surface area contributed by atoms with Crippen LogP contribution in [-0.4, -0.2) is 37.0 Å². The van der Waals surface area contributed by atoms with Crippen molar-refractivity contribution in [2.24, 2.45) is 0 Å². The van der Waals surface area contributed by atoms with Gasteiger partial charge in [0.15, 0.2) is 0 Å². The van der Waals surface area contributed by atoms with E-state index in [0.29, 0.717) is 0 Å². The fourth-order valence-electron chi connectivity index (χ4n) is 3.03. The van der Waals surface area contributed by atoms with Crippen molar-refractivity contribution in [3.8, 4) is 0 Å². The van der Waals surface area contributed by atoms with Gasteiger partial charge in [0.1, 0.15) is 0 Å². The topological polar surface area (TPSA) is 35.6 Å². The third-order valence-corrected chi connectivity index (χ3v) is 4.18. The molecule has 4 heteroatoms. The van der Waals surface area contributed by atoms with Crippen molar-refractivity contribution in [3.05, 3.63) is 60.2 Å². The number of piperazine rings is 1. The van der Waals surface area contributed by atoms with Gasteiger partial charge in [-0.3, -0.25) is 9.69 Å². The number of hydrogen-bond donors (Lipinski definition) is 1. The average Bonchev–Trinajstić information content (AvgIpc) is 2.57. The average molecular weight is 309 g/mol. The van der Waals surface area contributed by atoms with Crippen molar-refractivity contribution in [1.29, 1.82) is 0 Å². The molecule has 1 aliphatic rings. The number of carbonyl (C=O) groups is 1. The van der Waals surface area contributed by atoms with Crippen LogP contribution in [0.1, 0.15) is 12.5 Å². The third-order valence-electron chi connectivity index (χ3n) is 4.18. The Hall–Kier alpha value is -2.33. The van der Waals surface area contributed by atoms with Crippen LogP contribution in [0.4, 0.5) is 11.4 Å². The van der Waals surface area contributed by atoms with Gasteiger partial charge in [-0.25, -0.2) is 0 Å². The number of carbonyl (C=O) groups excluding carboxylic acids is 1. The van der Waals surface area contributed by atoms with Gasteiger partial charge in [-0.1, -0.05) is 42.5 Å². The monoisotopic (exact) mass is 309 g/mol. The van der Waals surface area contributed by atoms with E-state index in [2.05, 4.69) is 51.5 Å². The molecule has 2 aromatic rings. The molecule has 0 aliphatic carbocycles. The Morgan fingerprint density at radius 2 is 1.61 bits per heavy atom. The third kappa shape index (κ3) is 4.11. The number of nitrogens with zero attached hydrogens (tertiary/aromatic N) is 2. The Labute approximate surface area is 137 Å². The second kappa shape index (κ2) is 7.29. The minimum atomic E-state index is -0.0276. The Kier molecular flexibility index (Phi) is 4.93. The lowest BCUT2D eigenvalue weighted by molar-refractivity contribution is -0.114. The zero-order valence-corrected chi connectivity index (χ0v) is 13.5. The highest BCUT2D eigenvalue weighted by Crippen LogP contribution is 2.26. The fraction of sp³-hybridized carbons (Fsp3) is 0.316. The molecule has 0 bridgehead atoms. The summed E-state index contributed by atoms with van der Waals surface area (Å²) in [6.45, 7) is 6.57. The summed E-state index contributed by atoms with van der Waals surface area (Å²) in [6.07, 6.45) is 0. The normalized spacial score (nSPS) is 15.4. The van der Waals surface area contributed by atoms with Gasteiger partial charge in [-0.05, 0) is 17.7 Å². The van der Waals surface area contributed by atoms with Crippen LogP contribution in [0.25, 0.3) is 0 Å². The standard InChI is InChI=1S/C19H23N3O/c1-16(23)20-18-9-5-6-10-19(18)22-13-11-21(12-14-22)15-17-7-3-2-4-8-17/h2-10H,11-15H2,1H3,(H,20,23). The van der Waals surface area contributed by atoms with Gasteiger partial charge >= 0.3 is 0 Å². The molecular weight excluding hydrogens is 286 g/mol. The van der Waals surface area contributed by atoms with Crippen LogP contribution in [0.3, 0.4) is 0 Å². The molecule has 1 amide bonds. The summed E-state index contributed by atoms with van der Waals surface area (Å²) in [4.78, 5) is 16.2. The van der Waals surface area contributed by atoms with Crippen LogP contribution in [0.5, 0.6) is 0 Å². The minimum Gasteiger partial charge on any atom is -0.367 e. The Morgan fingerprint density at radius 1 is 0.957 bits per heavy atom. The highest BCUT2D eigenvalue weighted by Gasteiger charge is 2.19. The number of para-hydroxylation sites is 2. The summed E-state index contributed by atoms with van der Waals surface area (Å²) in [5.74, 6) is -0.0276. The van der Waals surface area contributed by atoms with E-state index in [4.69, 9.17) is 0 Å². The van der Waals surface area contributed by atoms with Crippen molar-refractivity contribution in [2.75, 3.05) is 36.4 Å². The van der Waals surface area contributed by atoms with Crippen molar-refractivity contribution < 1.29 is 4.79 Å². The van der Waals surface area contributed by atoms with Crippen molar-refractivity contribution >= 4 is 17.3 Å². The van der Waals surface area contributed by atoms with Gasteiger partial charge in [0, 0.05) is 39.6 Å². The summed E-state index contributed by atoms with van der Waals surface area (Å²) in [5.41, 5.74) is 3.37. The van der Waals surface area contributed by atoms with Crippen molar-refractivity contribution in [3.63, 3.8) is 0 Å². The molecule has 0 unspecified atom stereocenters.